The van der Waals surface area contributed by atoms with Gasteiger partial charge in [0.25, 0.3) is 0 Å². The molecule has 152 valence electrons. The SMILES string of the molecule is C/C(=C\C(=O)NCC(=O)N1CCN(c2ccc(Cl)cc2)CC1)c1ccc(F)cc1. The molecule has 0 spiro atoms. The highest BCUT2D eigenvalue weighted by atomic mass is 35.5. The van der Waals surface area contributed by atoms with E-state index in [2.05, 4.69) is 10.2 Å². The average Bonchev–Trinajstić information content (AvgIpc) is 2.73. The number of allylic oxidation sites excluding steroid dienone is 1. The van der Waals surface area contributed by atoms with Gasteiger partial charge in [-0.05, 0) is 54.5 Å². The van der Waals surface area contributed by atoms with E-state index in [0.717, 1.165) is 24.3 Å². The van der Waals surface area contributed by atoms with Gasteiger partial charge in [-0.25, -0.2) is 4.39 Å². The minimum Gasteiger partial charge on any atom is -0.368 e. The van der Waals surface area contributed by atoms with E-state index in [-0.39, 0.29) is 24.2 Å². The monoisotopic (exact) mass is 415 g/mol. The van der Waals surface area contributed by atoms with Gasteiger partial charge in [-0.2, -0.15) is 0 Å². The summed E-state index contributed by atoms with van der Waals surface area (Å²) in [6, 6.07) is 13.6. The molecule has 1 fully saturated rings. The zero-order valence-electron chi connectivity index (χ0n) is 16.2. The maximum Gasteiger partial charge on any atom is 0.244 e. The van der Waals surface area contributed by atoms with Crippen LogP contribution in [0.15, 0.2) is 54.6 Å². The van der Waals surface area contributed by atoms with Gasteiger partial charge in [0.05, 0.1) is 6.54 Å². The first-order chi connectivity index (χ1) is 13.9. The molecule has 1 heterocycles. The van der Waals surface area contributed by atoms with Gasteiger partial charge < -0.3 is 15.1 Å². The van der Waals surface area contributed by atoms with E-state index in [1.54, 1.807) is 24.0 Å². The summed E-state index contributed by atoms with van der Waals surface area (Å²) in [6.45, 7) is 4.37. The number of rotatable bonds is 5. The third-order valence-electron chi connectivity index (χ3n) is 4.89. The predicted octanol–water partition coefficient (Wildman–Crippen LogP) is 3.35. The number of nitrogens with zero attached hydrogens (tertiary/aromatic N) is 2. The molecule has 1 saturated heterocycles. The lowest BCUT2D eigenvalue weighted by Crippen LogP contribution is -2.51. The molecular weight excluding hydrogens is 393 g/mol. The van der Waals surface area contributed by atoms with Gasteiger partial charge >= 0.3 is 0 Å². The highest BCUT2D eigenvalue weighted by molar-refractivity contribution is 6.30. The summed E-state index contributed by atoms with van der Waals surface area (Å²) in [6.07, 6.45) is 1.42. The van der Waals surface area contributed by atoms with Crippen LogP contribution in [0.5, 0.6) is 0 Å². The van der Waals surface area contributed by atoms with E-state index < -0.39 is 0 Å². The highest BCUT2D eigenvalue weighted by Crippen LogP contribution is 2.19. The number of carbonyl (C=O) groups excluding carboxylic acids is 2. The Morgan fingerprint density at radius 3 is 2.28 bits per heavy atom. The van der Waals surface area contributed by atoms with Crippen LogP contribution < -0.4 is 10.2 Å². The van der Waals surface area contributed by atoms with Gasteiger partial charge in [0.2, 0.25) is 11.8 Å². The van der Waals surface area contributed by atoms with E-state index >= 15 is 0 Å². The number of piperazine rings is 1. The van der Waals surface area contributed by atoms with E-state index in [4.69, 9.17) is 11.6 Å². The molecule has 1 N–H and O–H groups in total. The fourth-order valence-electron chi connectivity index (χ4n) is 3.18. The third-order valence-corrected chi connectivity index (χ3v) is 5.14. The zero-order chi connectivity index (χ0) is 20.8. The van der Waals surface area contributed by atoms with Crippen molar-refractivity contribution in [2.24, 2.45) is 0 Å². The van der Waals surface area contributed by atoms with Crippen LogP contribution in [0.1, 0.15) is 12.5 Å². The summed E-state index contributed by atoms with van der Waals surface area (Å²) < 4.78 is 13.0. The van der Waals surface area contributed by atoms with Gasteiger partial charge in [0.1, 0.15) is 5.82 Å². The molecule has 0 radical (unpaired) electrons. The Morgan fingerprint density at radius 2 is 1.66 bits per heavy atom. The molecule has 0 saturated carbocycles. The van der Waals surface area contributed by atoms with E-state index in [9.17, 15) is 14.0 Å². The zero-order valence-corrected chi connectivity index (χ0v) is 17.0. The lowest BCUT2D eigenvalue weighted by Gasteiger charge is -2.36. The second-order valence-corrected chi connectivity index (χ2v) is 7.33. The van der Waals surface area contributed by atoms with Crippen molar-refractivity contribution in [3.63, 3.8) is 0 Å². The molecule has 0 aromatic heterocycles. The van der Waals surface area contributed by atoms with Crippen LogP contribution in [-0.2, 0) is 9.59 Å². The molecule has 0 unspecified atom stereocenters. The normalized spacial score (nSPS) is 14.7. The van der Waals surface area contributed by atoms with Crippen molar-refractivity contribution in [1.29, 1.82) is 0 Å². The lowest BCUT2D eigenvalue weighted by atomic mass is 10.1. The Morgan fingerprint density at radius 1 is 1.03 bits per heavy atom. The number of hydrogen-bond acceptors (Lipinski definition) is 3. The quantitative estimate of drug-likeness (QED) is 0.762. The minimum atomic E-state index is -0.347. The van der Waals surface area contributed by atoms with E-state index in [1.165, 1.54) is 18.2 Å². The molecule has 5 nitrogen and oxygen atoms in total. The smallest absolute Gasteiger partial charge is 0.244 e. The highest BCUT2D eigenvalue weighted by Gasteiger charge is 2.21. The molecule has 2 aromatic carbocycles. The van der Waals surface area contributed by atoms with Gasteiger partial charge in [0, 0.05) is 43.0 Å². The van der Waals surface area contributed by atoms with Crippen LogP contribution in [0.25, 0.3) is 5.57 Å². The van der Waals surface area contributed by atoms with Gasteiger partial charge in [-0.15, -0.1) is 0 Å². The maximum absolute atomic E-state index is 13.0. The molecule has 1 aliphatic rings. The fourth-order valence-corrected chi connectivity index (χ4v) is 3.31. The number of hydrogen-bond donors (Lipinski definition) is 1. The van der Waals surface area contributed by atoms with Crippen molar-refractivity contribution in [2.45, 2.75) is 6.92 Å². The second kappa shape index (κ2) is 9.56. The molecule has 2 amide bonds. The van der Waals surface area contributed by atoms with Crippen LogP contribution in [-0.4, -0.2) is 49.4 Å². The molecule has 0 aliphatic carbocycles. The first kappa shape index (κ1) is 20.9. The van der Waals surface area contributed by atoms with E-state index in [0.29, 0.717) is 23.7 Å². The summed E-state index contributed by atoms with van der Waals surface area (Å²) in [5.41, 5.74) is 2.54. The molecule has 29 heavy (non-hydrogen) atoms. The molecule has 1 aliphatic heterocycles. The van der Waals surface area contributed by atoms with Crippen molar-refractivity contribution < 1.29 is 14.0 Å². The molecule has 2 aromatic rings. The Kier molecular flexibility index (Phi) is 6.88. The standard InChI is InChI=1S/C22H23ClFN3O2/c1-16(17-2-6-19(24)7-3-17)14-21(28)25-15-22(29)27-12-10-26(11-13-27)20-8-4-18(23)5-9-20/h2-9,14H,10-13,15H2,1H3,(H,25,28)/b16-14+. The largest absolute Gasteiger partial charge is 0.368 e. The first-order valence-corrected chi connectivity index (χ1v) is 9.80. The summed E-state index contributed by atoms with van der Waals surface area (Å²) >= 11 is 5.92. The molecular formula is C22H23ClFN3O2. The summed E-state index contributed by atoms with van der Waals surface area (Å²) in [4.78, 5) is 28.4. The van der Waals surface area contributed by atoms with Crippen molar-refractivity contribution >= 4 is 34.7 Å². The molecule has 0 atom stereocenters. The molecule has 3 rings (SSSR count). The summed E-state index contributed by atoms with van der Waals surface area (Å²) in [5.74, 6) is -0.783. The Balaban J connectivity index is 1.46. The Hall–Kier alpha value is -2.86. The Bertz CT molecular complexity index is 889. The number of carbonyl (C=O) groups is 2. The lowest BCUT2D eigenvalue weighted by molar-refractivity contribution is -0.132. The minimum absolute atomic E-state index is 0.0486. The summed E-state index contributed by atoms with van der Waals surface area (Å²) in [5, 5.41) is 3.33. The van der Waals surface area contributed by atoms with Crippen LogP contribution in [0, 0.1) is 5.82 Å². The number of amides is 2. The van der Waals surface area contributed by atoms with Crippen LogP contribution in [0.4, 0.5) is 10.1 Å². The van der Waals surface area contributed by atoms with Crippen molar-refractivity contribution in [1.82, 2.24) is 10.2 Å². The number of anilines is 1. The number of nitrogens with one attached hydrogen (secondary N) is 1. The van der Waals surface area contributed by atoms with Crippen molar-refractivity contribution in [3.05, 3.63) is 71.0 Å². The van der Waals surface area contributed by atoms with Gasteiger partial charge in [-0.3, -0.25) is 9.59 Å². The van der Waals surface area contributed by atoms with Crippen molar-refractivity contribution in [2.75, 3.05) is 37.6 Å². The van der Waals surface area contributed by atoms with Gasteiger partial charge in [0.15, 0.2) is 0 Å². The predicted molar refractivity (Wildman–Crippen MR) is 113 cm³/mol. The first-order valence-electron chi connectivity index (χ1n) is 9.43. The number of benzene rings is 2. The summed E-state index contributed by atoms with van der Waals surface area (Å²) in [7, 11) is 0. The van der Waals surface area contributed by atoms with Crippen LogP contribution in [0.2, 0.25) is 5.02 Å². The maximum atomic E-state index is 13.0. The fraction of sp³-hybridized carbons (Fsp3) is 0.273. The molecule has 7 heteroatoms. The average molecular weight is 416 g/mol. The van der Waals surface area contributed by atoms with Crippen molar-refractivity contribution in [3.8, 4) is 0 Å². The van der Waals surface area contributed by atoms with Crippen LogP contribution >= 0.6 is 11.6 Å². The topological polar surface area (TPSA) is 52.7 Å². The van der Waals surface area contributed by atoms with Crippen LogP contribution in [0.3, 0.4) is 0 Å². The van der Waals surface area contributed by atoms with Gasteiger partial charge in [-0.1, -0.05) is 23.7 Å². The number of halogens is 2. The van der Waals surface area contributed by atoms with E-state index in [1.807, 2.05) is 24.3 Å². The second-order valence-electron chi connectivity index (χ2n) is 6.90. The molecule has 0 bridgehead atoms. The third kappa shape index (κ3) is 5.81. The Labute approximate surface area is 174 Å².